The van der Waals surface area contributed by atoms with E-state index in [0.717, 1.165) is 16.9 Å². The standard InChI is InChI=1S/C20H21N3O3/c1-15-7-5-6-10-17(15)20-23-22-19(26-20)11-13-21-18(24)12-14-25-16-8-3-2-4-9-16/h2-10H,11-14H2,1H3,(H,21,24). The quantitative estimate of drug-likeness (QED) is 0.674. The summed E-state index contributed by atoms with van der Waals surface area (Å²) in [5.41, 5.74) is 2.00. The molecule has 0 aliphatic carbocycles. The topological polar surface area (TPSA) is 77.2 Å². The number of aryl methyl sites for hydroxylation is 1. The van der Waals surface area contributed by atoms with Gasteiger partial charge in [-0.05, 0) is 30.7 Å². The van der Waals surface area contributed by atoms with Gasteiger partial charge in [-0.2, -0.15) is 0 Å². The SMILES string of the molecule is Cc1ccccc1-c1nnc(CCNC(=O)CCOc2ccccc2)o1. The first-order chi connectivity index (χ1) is 12.7. The Kier molecular flexibility index (Phi) is 5.98. The minimum atomic E-state index is -0.0698. The number of carbonyl (C=O) groups is 1. The number of rotatable bonds is 8. The lowest BCUT2D eigenvalue weighted by Gasteiger charge is -2.06. The van der Waals surface area contributed by atoms with E-state index in [-0.39, 0.29) is 5.91 Å². The molecule has 6 nitrogen and oxygen atoms in total. The molecule has 0 radical (unpaired) electrons. The third-order valence-corrected chi connectivity index (χ3v) is 3.84. The second-order valence-corrected chi connectivity index (χ2v) is 5.83. The Balaban J connectivity index is 1.40. The summed E-state index contributed by atoms with van der Waals surface area (Å²) in [6, 6.07) is 17.3. The molecule has 0 saturated carbocycles. The van der Waals surface area contributed by atoms with Crippen LogP contribution in [0, 0.1) is 6.92 Å². The van der Waals surface area contributed by atoms with Crippen LogP contribution in [0.4, 0.5) is 0 Å². The average molecular weight is 351 g/mol. The second-order valence-electron chi connectivity index (χ2n) is 5.83. The molecule has 1 amide bonds. The molecule has 26 heavy (non-hydrogen) atoms. The molecule has 0 unspecified atom stereocenters. The zero-order valence-corrected chi connectivity index (χ0v) is 14.6. The maximum Gasteiger partial charge on any atom is 0.247 e. The smallest absolute Gasteiger partial charge is 0.247 e. The Labute approximate surface area is 152 Å². The van der Waals surface area contributed by atoms with E-state index in [1.54, 1.807) is 0 Å². The Bertz CT molecular complexity index is 846. The highest BCUT2D eigenvalue weighted by Gasteiger charge is 2.10. The van der Waals surface area contributed by atoms with Gasteiger partial charge >= 0.3 is 0 Å². The van der Waals surface area contributed by atoms with Crippen LogP contribution in [0.5, 0.6) is 5.75 Å². The molecule has 1 aromatic heterocycles. The van der Waals surface area contributed by atoms with Crippen molar-refractivity contribution < 1.29 is 13.9 Å². The van der Waals surface area contributed by atoms with Gasteiger partial charge in [-0.3, -0.25) is 4.79 Å². The van der Waals surface area contributed by atoms with Gasteiger partial charge in [0.25, 0.3) is 0 Å². The molecule has 0 fully saturated rings. The monoisotopic (exact) mass is 351 g/mol. The Morgan fingerprint density at radius 1 is 1.08 bits per heavy atom. The van der Waals surface area contributed by atoms with Gasteiger partial charge < -0.3 is 14.5 Å². The number of nitrogens with one attached hydrogen (secondary N) is 1. The van der Waals surface area contributed by atoms with E-state index in [1.807, 2.05) is 61.5 Å². The zero-order chi connectivity index (χ0) is 18.2. The molecule has 6 heteroatoms. The van der Waals surface area contributed by atoms with E-state index in [9.17, 15) is 4.79 Å². The number of para-hydroxylation sites is 1. The third kappa shape index (κ3) is 4.92. The maximum atomic E-state index is 11.8. The number of ether oxygens (including phenoxy) is 1. The molecule has 0 spiro atoms. The maximum absolute atomic E-state index is 11.8. The predicted molar refractivity (Wildman–Crippen MR) is 97.7 cm³/mol. The highest BCUT2D eigenvalue weighted by molar-refractivity contribution is 5.75. The first kappa shape index (κ1) is 17.7. The van der Waals surface area contributed by atoms with Gasteiger partial charge in [0.2, 0.25) is 17.7 Å². The third-order valence-electron chi connectivity index (χ3n) is 3.84. The number of hydrogen-bond donors (Lipinski definition) is 1. The number of nitrogens with zero attached hydrogens (tertiary/aromatic N) is 2. The van der Waals surface area contributed by atoms with Crippen molar-refractivity contribution >= 4 is 5.91 Å². The van der Waals surface area contributed by atoms with Gasteiger partial charge in [0, 0.05) is 18.5 Å². The van der Waals surface area contributed by atoms with Gasteiger partial charge in [-0.1, -0.05) is 36.4 Å². The van der Waals surface area contributed by atoms with Gasteiger partial charge in [0.05, 0.1) is 13.0 Å². The van der Waals surface area contributed by atoms with Crippen LogP contribution in [0.2, 0.25) is 0 Å². The van der Waals surface area contributed by atoms with Crippen LogP contribution in [-0.4, -0.2) is 29.3 Å². The van der Waals surface area contributed by atoms with Crippen LogP contribution in [0.25, 0.3) is 11.5 Å². The van der Waals surface area contributed by atoms with Crippen molar-refractivity contribution in [3.63, 3.8) is 0 Å². The van der Waals surface area contributed by atoms with Crippen LogP contribution in [0.1, 0.15) is 17.9 Å². The van der Waals surface area contributed by atoms with Crippen molar-refractivity contribution in [3.8, 4) is 17.2 Å². The molecule has 3 aromatic rings. The lowest BCUT2D eigenvalue weighted by Crippen LogP contribution is -2.27. The first-order valence-corrected chi connectivity index (χ1v) is 8.55. The number of aromatic nitrogens is 2. The number of carbonyl (C=O) groups excluding carboxylic acids is 1. The molecular formula is C20H21N3O3. The van der Waals surface area contributed by atoms with E-state index in [1.165, 1.54) is 0 Å². The molecule has 0 aliphatic heterocycles. The highest BCUT2D eigenvalue weighted by Crippen LogP contribution is 2.21. The van der Waals surface area contributed by atoms with E-state index in [4.69, 9.17) is 9.15 Å². The average Bonchev–Trinajstić information content (AvgIpc) is 3.12. The Morgan fingerprint density at radius 2 is 1.85 bits per heavy atom. The van der Waals surface area contributed by atoms with E-state index in [0.29, 0.717) is 37.8 Å². The number of hydrogen-bond acceptors (Lipinski definition) is 5. The summed E-state index contributed by atoms with van der Waals surface area (Å²) >= 11 is 0. The normalized spacial score (nSPS) is 10.5. The summed E-state index contributed by atoms with van der Waals surface area (Å²) in [5, 5.41) is 10.9. The largest absolute Gasteiger partial charge is 0.493 e. The van der Waals surface area contributed by atoms with Crippen LogP contribution in [0.3, 0.4) is 0 Å². The summed E-state index contributed by atoms with van der Waals surface area (Å²) < 4.78 is 11.2. The summed E-state index contributed by atoms with van der Waals surface area (Å²) in [5.74, 6) is 1.69. The zero-order valence-electron chi connectivity index (χ0n) is 14.6. The minimum Gasteiger partial charge on any atom is -0.493 e. The molecule has 1 heterocycles. The fourth-order valence-corrected chi connectivity index (χ4v) is 2.45. The molecule has 1 N–H and O–H groups in total. The molecule has 2 aromatic carbocycles. The summed E-state index contributed by atoms with van der Waals surface area (Å²) in [6.45, 7) is 2.78. The van der Waals surface area contributed by atoms with Crippen LogP contribution in [-0.2, 0) is 11.2 Å². The van der Waals surface area contributed by atoms with Gasteiger partial charge in [0.15, 0.2) is 0 Å². The van der Waals surface area contributed by atoms with Crippen molar-refractivity contribution in [3.05, 3.63) is 66.1 Å². The molecule has 0 bridgehead atoms. The van der Waals surface area contributed by atoms with Gasteiger partial charge in [-0.15, -0.1) is 10.2 Å². The lowest BCUT2D eigenvalue weighted by atomic mass is 10.1. The molecule has 0 atom stereocenters. The predicted octanol–water partition coefficient (Wildman–Crippen LogP) is 3.17. The second kappa shape index (κ2) is 8.80. The molecule has 0 saturated heterocycles. The molecule has 3 rings (SSSR count). The summed E-state index contributed by atoms with van der Waals surface area (Å²) in [4.78, 5) is 11.8. The molecular weight excluding hydrogens is 330 g/mol. The van der Waals surface area contributed by atoms with Crippen LogP contribution in [0.15, 0.2) is 59.0 Å². The number of amides is 1. The van der Waals surface area contributed by atoms with Crippen LogP contribution < -0.4 is 10.1 Å². The molecule has 134 valence electrons. The fourth-order valence-electron chi connectivity index (χ4n) is 2.45. The summed E-state index contributed by atoms with van der Waals surface area (Å²) in [6.07, 6.45) is 0.789. The van der Waals surface area contributed by atoms with E-state index in [2.05, 4.69) is 15.5 Å². The van der Waals surface area contributed by atoms with Crippen LogP contribution >= 0.6 is 0 Å². The van der Waals surface area contributed by atoms with Crippen molar-refractivity contribution in [2.24, 2.45) is 0 Å². The summed E-state index contributed by atoms with van der Waals surface area (Å²) in [7, 11) is 0. The first-order valence-electron chi connectivity index (χ1n) is 8.55. The van der Waals surface area contributed by atoms with Gasteiger partial charge in [0.1, 0.15) is 5.75 Å². The lowest BCUT2D eigenvalue weighted by molar-refractivity contribution is -0.121. The van der Waals surface area contributed by atoms with Crippen molar-refractivity contribution in [2.75, 3.05) is 13.2 Å². The fraction of sp³-hybridized carbons (Fsp3) is 0.250. The van der Waals surface area contributed by atoms with E-state index >= 15 is 0 Å². The Morgan fingerprint density at radius 3 is 2.65 bits per heavy atom. The van der Waals surface area contributed by atoms with Gasteiger partial charge in [-0.25, -0.2) is 0 Å². The highest BCUT2D eigenvalue weighted by atomic mass is 16.5. The Hall–Kier alpha value is -3.15. The van der Waals surface area contributed by atoms with Crippen molar-refractivity contribution in [1.82, 2.24) is 15.5 Å². The minimum absolute atomic E-state index is 0.0698. The van der Waals surface area contributed by atoms with E-state index < -0.39 is 0 Å². The number of benzene rings is 2. The molecule has 0 aliphatic rings. The van der Waals surface area contributed by atoms with Crippen molar-refractivity contribution in [2.45, 2.75) is 19.8 Å². The van der Waals surface area contributed by atoms with Crippen molar-refractivity contribution in [1.29, 1.82) is 0 Å².